The number of rotatable bonds is 8. The first-order valence-electron chi connectivity index (χ1n) is 10.3. The predicted molar refractivity (Wildman–Crippen MR) is 116 cm³/mol. The van der Waals surface area contributed by atoms with Gasteiger partial charge in [0.15, 0.2) is 0 Å². The highest BCUT2D eigenvalue weighted by molar-refractivity contribution is 7.16. The number of hydrogen-bond acceptors (Lipinski definition) is 6. The normalized spacial score (nSPS) is 15.2. The zero-order valence-corrected chi connectivity index (χ0v) is 18.3. The lowest BCUT2D eigenvalue weighted by Crippen LogP contribution is -2.48. The summed E-state index contributed by atoms with van der Waals surface area (Å²) in [6, 6.07) is 8.38. The number of carbonyl (C=O) groups is 2. The molecule has 1 aromatic carbocycles. The van der Waals surface area contributed by atoms with Crippen molar-refractivity contribution >= 4 is 28.2 Å². The summed E-state index contributed by atoms with van der Waals surface area (Å²) in [5.74, 6) is -0.757. The first-order valence-corrected chi connectivity index (χ1v) is 11.1. The van der Waals surface area contributed by atoms with E-state index in [4.69, 9.17) is 4.74 Å². The van der Waals surface area contributed by atoms with E-state index in [0.29, 0.717) is 17.2 Å². The predicted octanol–water partition coefficient (Wildman–Crippen LogP) is 3.38. The second-order valence-corrected chi connectivity index (χ2v) is 8.39. The van der Waals surface area contributed by atoms with Crippen molar-refractivity contribution in [3.63, 3.8) is 0 Å². The molecule has 0 radical (unpaired) electrons. The molecule has 2 aromatic rings. The van der Waals surface area contributed by atoms with Gasteiger partial charge in [0.2, 0.25) is 5.91 Å². The Labute approximate surface area is 180 Å². The molecule has 2 heterocycles. The minimum Gasteiger partial charge on any atom is -0.462 e. The fourth-order valence-corrected chi connectivity index (χ4v) is 4.39. The maximum Gasteiger partial charge on any atom is 0.341 e. The largest absolute Gasteiger partial charge is 0.462 e. The van der Waals surface area contributed by atoms with E-state index in [-0.39, 0.29) is 18.3 Å². The molecule has 0 atom stereocenters. The van der Waals surface area contributed by atoms with Gasteiger partial charge >= 0.3 is 5.97 Å². The van der Waals surface area contributed by atoms with Gasteiger partial charge in [-0.1, -0.05) is 19.1 Å². The van der Waals surface area contributed by atoms with E-state index in [1.54, 1.807) is 13.0 Å². The van der Waals surface area contributed by atoms with Crippen molar-refractivity contribution < 1.29 is 18.7 Å². The van der Waals surface area contributed by atoms with E-state index in [2.05, 4.69) is 15.1 Å². The summed E-state index contributed by atoms with van der Waals surface area (Å²) in [5.41, 5.74) is 1.51. The van der Waals surface area contributed by atoms with E-state index in [9.17, 15) is 14.0 Å². The third-order valence-corrected chi connectivity index (χ3v) is 6.23. The van der Waals surface area contributed by atoms with E-state index in [0.717, 1.165) is 49.6 Å². The van der Waals surface area contributed by atoms with Crippen LogP contribution in [0.2, 0.25) is 0 Å². The van der Waals surface area contributed by atoms with Gasteiger partial charge in [0.1, 0.15) is 10.8 Å². The van der Waals surface area contributed by atoms with Gasteiger partial charge < -0.3 is 10.1 Å². The molecular weight excluding hydrogens is 405 g/mol. The molecule has 3 rings (SSSR count). The van der Waals surface area contributed by atoms with Crippen LogP contribution in [0.4, 0.5) is 9.39 Å². The number of hydrogen-bond donors (Lipinski definition) is 1. The maximum atomic E-state index is 13.0. The molecule has 1 aliphatic rings. The van der Waals surface area contributed by atoms with Crippen molar-refractivity contribution in [2.75, 3.05) is 44.6 Å². The number of piperazine rings is 1. The Morgan fingerprint density at radius 1 is 1.10 bits per heavy atom. The first kappa shape index (κ1) is 22.4. The summed E-state index contributed by atoms with van der Waals surface area (Å²) < 4.78 is 18.1. The highest BCUT2D eigenvalue weighted by Crippen LogP contribution is 2.29. The number of ether oxygens (including phenoxy) is 1. The number of carbonyl (C=O) groups excluding carboxylic acids is 2. The van der Waals surface area contributed by atoms with Gasteiger partial charge in [0.05, 0.1) is 18.7 Å². The lowest BCUT2D eigenvalue weighted by atomic mass is 10.2. The maximum absolute atomic E-state index is 13.0. The van der Waals surface area contributed by atoms with Gasteiger partial charge in [-0.25, -0.2) is 9.18 Å². The monoisotopic (exact) mass is 433 g/mol. The van der Waals surface area contributed by atoms with Gasteiger partial charge in [0, 0.05) is 37.6 Å². The Bertz CT molecular complexity index is 861. The van der Waals surface area contributed by atoms with Gasteiger partial charge in [-0.15, -0.1) is 11.3 Å². The molecule has 0 aliphatic carbocycles. The lowest BCUT2D eigenvalue weighted by Gasteiger charge is -2.34. The number of halogens is 1. The number of aryl methyl sites for hydroxylation is 1. The molecule has 0 unspecified atom stereocenters. The Morgan fingerprint density at radius 2 is 1.77 bits per heavy atom. The Hall–Kier alpha value is -2.29. The standard InChI is InChI=1S/C22H28FN3O3S/c1-3-18-13-19(22(28)29-4-2)21(30-18)24-20(27)15-26-11-9-25(10-12-26)14-16-5-7-17(23)8-6-16/h5-8,13H,3-4,9-12,14-15H2,1-2H3,(H,24,27). The topological polar surface area (TPSA) is 61.9 Å². The van der Waals surface area contributed by atoms with Crippen molar-refractivity contribution in [2.45, 2.75) is 26.8 Å². The molecule has 1 aromatic heterocycles. The molecule has 1 fully saturated rings. The SMILES string of the molecule is CCOC(=O)c1cc(CC)sc1NC(=O)CN1CCN(Cc2ccc(F)cc2)CC1. The van der Waals surface area contributed by atoms with Crippen molar-refractivity contribution in [3.05, 3.63) is 52.2 Å². The molecule has 0 spiro atoms. The first-order chi connectivity index (χ1) is 14.5. The van der Waals surface area contributed by atoms with Crippen LogP contribution in [0.25, 0.3) is 0 Å². The quantitative estimate of drug-likeness (QED) is 0.647. The Balaban J connectivity index is 1.50. The Morgan fingerprint density at radius 3 is 2.40 bits per heavy atom. The van der Waals surface area contributed by atoms with E-state index in [1.165, 1.54) is 23.5 Å². The van der Waals surface area contributed by atoms with Crippen LogP contribution in [-0.4, -0.2) is 61.0 Å². The summed E-state index contributed by atoms with van der Waals surface area (Å²) in [6.07, 6.45) is 0.795. The number of benzene rings is 1. The van der Waals surface area contributed by atoms with Crippen molar-refractivity contribution in [2.24, 2.45) is 0 Å². The zero-order chi connectivity index (χ0) is 21.5. The molecule has 162 valence electrons. The summed E-state index contributed by atoms with van der Waals surface area (Å²) in [7, 11) is 0. The van der Waals surface area contributed by atoms with Crippen molar-refractivity contribution in [1.29, 1.82) is 0 Å². The van der Waals surface area contributed by atoms with Crippen molar-refractivity contribution in [3.8, 4) is 0 Å². The fourth-order valence-electron chi connectivity index (χ4n) is 3.39. The van der Waals surface area contributed by atoms with Gasteiger partial charge in [-0.05, 0) is 37.1 Å². The van der Waals surface area contributed by atoms with Crippen LogP contribution in [0.15, 0.2) is 30.3 Å². The van der Waals surface area contributed by atoms with Crippen LogP contribution in [0.5, 0.6) is 0 Å². The van der Waals surface area contributed by atoms with Crippen LogP contribution in [0, 0.1) is 5.82 Å². The summed E-state index contributed by atoms with van der Waals surface area (Å²) in [5, 5.41) is 3.46. The molecular formula is C22H28FN3O3S. The molecule has 0 bridgehead atoms. The van der Waals surface area contributed by atoms with Gasteiger partial charge in [-0.2, -0.15) is 0 Å². The minimum atomic E-state index is -0.404. The molecule has 1 aliphatic heterocycles. The fraction of sp³-hybridized carbons (Fsp3) is 0.455. The molecule has 1 saturated heterocycles. The molecule has 8 heteroatoms. The second-order valence-electron chi connectivity index (χ2n) is 7.26. The number of esters is 1. The molecule has 1 N–H and O–H groups in total. The number of amides is 1. The smallest absolute Gasteiger partial charge is 0.341 e. The third kappa shape index (κ3) is 6.10. The zero-order valence-electron chi connectivity index (χ0n) is 17.4. The minimum absolute atomic E-state index is 0.128. The summed E-state index contributed by atoms with van der Waals surface area (Å²) >= 11 is 1.42. The molecule has 0 saturated carbocycles. The lowest BCUT2D eigenvalue weighted by molar-refractivity contribution is -0.117. The van der Waals surface area contributed by atoms with E-state index < -0.39 is 5.97 Å². The number of anilines is 1. The van der Waals surface area contributed by atoms with Crippen LogP contribution >= 0.6 is 11.3 Å². The van der Waals surface area contributed by atoms with Crippen LogP contribution in [-0.2, 0) is 22.5 Å². The highest BCUT2D eigenvalue weighted by Gasteiger charge is 2.22. The van der Waals surface area contributed by atoms with Crippen LogP contribution in [0.1, 0.15) is 34.6 Å². The second kappa shape index (κ2) is 10.7. The summed E-state index contributed by atoms with van der Waals surface area (Å²) in [4.78, 5) is 30.2. The number of nitrogens with zero attached hydrogens (tertiary/aromatic N) is 2. The van der Waals surface area contributed by atoms with E-state index in [1.807, 2.05) is 19.1 Å². The third-order valence-electron chi connectivity index (χ3n) is 5.03. The molecule has 6 nitrogen and oxygen atoms in total. The van der Waals surface area contributed by atoms with Gasteiger partial charge in [0.25, 0.3) is 0 Å². The van der Waals surface area contributed by atoms with Gasteiger partial charge in [-0.3, -0.25) is 14.6 Å². The summed E-state index contributed by atoms with van der Waals surface area (Å²) in [6.45, 7) is 8.39. The molecule has 1 amide bonds. The van der Waals surface area contributed by atoms with Crippen LogP contribution < -0.4 is 5.32 Å². The average molecular weight is 434 g/mol. The number of thiophene rings is 1. The average Bonchev–Trinajstić information content (AvgIpc) is 3.14. The highest BCUT2D eigenvalue weighted by atomic mass is 32.1. The Kier molecular flexibility index (Phi) is 7.95. The van der Waals surface area contributed by atoms with Crippen LogP contribution in [0.3, 0.4) is 0 Å². The number of nitrogens with one attached hydrogen (secondary N) is 1. The van der Waals surface area contributed by atoms with E-state index >= 15 is 0 Å². The molecule has 30 heavy (non-hydrogen) atoms. The van der Waals surface area contributed by atoms with Crippen molar-refractivity contribution in [1.82, 2.24) is 9.80 Å².